The monoisotopic (exact) mass is 202 g/mol. The van der Waals surface area contributed by atoms with Crippen molar-refractivity contribution in [1.82, 2.24) is 0 Å². The summed E-state index contributed by atoms with van der Waals surface area (Å²) in [5.41, 5.74) is 0. The van der Waals surface area contributed by atoms with Gasteiger partial charge in [0.2, 0.25) is 0 Å². The van der Waals surface area contributed by atoms with E-state index in [9.17, 15) is 0 Å². The fourth-order valence-corrected chi connectivity index (χ4v) is 1.31. The molecule has 1 fully saturated rings. The summed E-state index contributed by atoms with van der Waals surface area (Å²) in [4.78, 5) is 0. The van der Waals surface area contributed by atoms with Gasteiger partial charge in [-0.05, 0) is 6.92 Å². The molecule has 0 radical (unpaired) electrons. The van der Waals surface area contributed by atoms with Crippen LogP contribution >= 0.6 is 11.6 Å². The van der Waals surface area contributed by atoms with Crippen LogP contribution in [0.3, 0.4) is 0 Å². The highest BCUT2D eigenvalue weighted by molar-refractivity contribution is 6.17. The molecule has 74 valence electrons. The second-order valence-electron chi connectivity index (χ2n) is 3.12. The predicted octanol–water partition coefficient (Wildman–Crippen LogP) is 2.16. The molecule has 1 rings (SSSR count). The lowest BCUT2D eigenvalue weighted by Crippen LogP contribution is -2.24. The van der Waals surface area contributed by atoms with E-state index in [2.05, 4.69) is 11.8 Å². The molecule has 1 aliphatic heterocycles. The van der Waals surface area contributed by atoms with E-state index in [1.807, 2.05) is 6.92 Å². The van der Waals surface area contributed by atoms with E-state index in [0.29, 0.717) is 19.1 Å². The minimum atomic E-state index is -0.393. The average molecular weight is 203 g/mol. The highest BCUT2D eigenvalue weighted by atomic mass is 35.5. The zero-order chi connectivity index (χ0) is 9.57. The van der Waals surface area contributed by atoms with E-state index in [4.69, 9.17) is 21.1 Å². The molecule has 0 bridgehead atoms. The largest absolute Gasteiger partial charge is 0.348 e. The first-order valence-corrected chi connectivity index (χ1v) is 5.10. The molecule has 0 aromatic heterocycles. The van der Waals surface area contributed by atoms with E-state index >= 15 is 0 Å². The summed E-state index contributed by atoms with van der Waals surface area (Å²) in [7, 11) is 0. The summed E-state index contributed by atoms with van der Waals surface area (Å²) in [5, 5.41) is 0. The third-order valence-corrected chi connectivity index (χ3v) is 2.14. The summed E-state index contributed by atoms with van der Waals surface area (Å²) in [6.45, 7) is 3.36. The average Bonchev–Trinajstić information content (AvgIpc) is 2.53. The lowest BCUT2D eigenvalue weighted by molar-refractivity contribution is -0.145. The van der Waals surface area contributed by atoms with Crippen molar-refractivity contribution in [3.8, 4) is 11.8 Å². The summed E-state index contributed by atoms with van der Waals surface area (Å²) in [6.07, 6.45) is 2.41. The number of hydrogen-bond acceptors (Lipinski definition) is 2. The molecule has 1 heterocycles. The molecule has 0 saturated carbocycles. The Morgan fingerprint density at radius 2 is 1.85 bits per heavy atom. The fourth-order valence-electron chi connectivity index (χ4n) is 1.21. The molecule has 0 atom stereocenters. The van der Waals surface area contributed by atoms with Crippen LogP contribution in [0.2, 0.25) is 0 Å². The van der Waals surface area contributed by atoms with E-state index in [-0.39, 0.29) is 0 Å². The number of alkyl halides is 1. The lowest BCUT2D eigenvalue weighted by atomic mass is 10.2. The lowest BCUT2D eigenvalue weighted by Gasteiger charge is -2.20. The summed E-state index contributed by atoms with van der Waals surface area (Å²) < 4.78 is 10.9. The first-order valence-electron chi connectivity index (χ1n) is 4.56. The van der Waals surface area contributed by atoms with Crippen molar-refractivity contribution < 1.29 is 9.47 Å². The summed E-state index contributed by atoms with van der Waals surface area (Å²) >= 11 is 5.48. The van der Waals surface area contributed by atoms with Gasteiger partial charge in [-0.3, -0.25) is 0 Å². The second kappa shape index (κ2) is 5.49. The molecule has 3 heteroatoms. The van der Waals surface area contributed by atoms with Crippen LogP contribution in [0, 0.1) is 11.8 Å². The smallest absolute Gasteiger partial charge is 0.166 e. The molecule has 0 aromatic carbocycles. The van der Waals surface area contributed by atoms with Gasteiger partial charge in [-0.15, -0.1) is 23.4 Å². The highest BCUT2D eigenvalue weighted by Gasteiger charge is 2.29. The van der Waals surface area contributed by atoms with Crippen LogP contribution in [-0.2, 0) is 9.47 Å². The molecular weight excluding hydrogens is 188 g/mol. The maximum absolute atomic E-state index is 5.48. The van der Waals surface area contributed by atoms with Crippen LogP contribution in [0.4, 0.5) is 0 Å². The van der Waals surface area contributed by atoms with Crippen LogP contribution < -0.4 is 0 Å². The van der Waals surface area contributed by atoms with Crippen molar-refractivity contribution in [3.05, 3.63) is 0 Å². The standard InChI is InChI=1S/C10H15ClO2/c1-10(12-8-9-13-10)6-4-2-3-5-7-11/h4-9H2,1H3. The predicted molar refractivity (Wildman–Crippen MR) is 52.7 cm³/mol. The Kier molecular flexibility index (Phi) is 4.58. The van der Waals surface area contributed by atoms with E-state index < -0.39 is 5.79 Å². The molecule has 1 saturated heterocycles. The minimum absolute atomic E-state index is 0.393. The molecule has 0 aliphatic carbocycles. The molecule has 0 aromatic rings. The van der Waals surface area contributed by atoms with Gasteiger partial charge in [0.1, 0.15) is 0 Å². The zero-order valence-electron chi connectivity index (χ0n) is 7.94. The Morgan fingerprint density at radius 1 is 1.23 bits per heavy atom. The molecular formula is C10H15ClO2. The maximum Gasteiger partial charge on any atom is 0.166 e. The van der Waals surface area contributed by atoms with E-state index in [1.54, 1.807) is 0 Å². The van der Waals surface area contributed by atoms with Crippen molar-refractivity contribution in [2.24, 2.45) is 0 Å². The Bertz CT molecular complexity index is 199. The number of hydrogen-bond donors (Lipinski definition) is 0. The van der Waals surface area contributed by atoms with Crippen LogP contribution in [-0.4, -0.2) is 24.9 Å². The van der Waals surface area contributed by atoms with Crippen molar-refractivity contribution >= 4 is 11.6 Å². The van der Waals surface area contributed by atoms with Gasteiger partial charge in [-0.1, -0.05) is 0 Å². The van der Waals surface area contributed by atoms with Gasteiger partial charge in [-0.25, -0.2) is 0 Å². The van der Waals surface area contributed by atoms with Gasteiger partial charge in [-0.2, -0.15) is 0 Å². The Morgan fingerprint density at radius 3 is 2.46 bits per heavy atom. The fraction of sp³-hybridized carbons (Fsp3) is 0.800. The highest BCUT2D eigenvalue weighted by Crippen LogP contribution is 2.23. The summed E-state index contributed by atoms with van der Waals surface area (Å²) in [5.74, 6) is 6.24. The quantitative estimate of drug-likeness (QED) is 0.516. The maximum atomic E-state index is 5.48. The first kappa shape index (κ1) is 10.8. The van der Waals surface area contributed by atoms with Crippen molar-refractivity contribution in [3.63, 3.8) is 0 Å². The van der Waals surface area contributed by atoms with Crippen molar-refractivity contribution in [2.45, 2.75) is 32.0 Å². The van der Waals surface area contributed by atoms with Crippen LogP contribution in [0.5, 0.6) is 0 Å². The molecule has 0 N–H and O–H groups in total. The SMILES string of the molecule is CC1(CCC#CCCCl)OCCO1. The van der Waals surface area contributed by atoms with Gasteiger partial charge >= 0.3 is 0 Å². The van der Waals surface area contributed by atoms with Crippen LogP contribution in [0.25, 0.3) is 0 Å². The molecule has 0 spiro atoms. The first-order chi connectivity index (χ1) is 6.27. The second-order valence-corrected chi connectivity index (χ2v) is 3.50. The number of ether oxygens (including phenoxy) is 2. The van der Waals surface area contributed by atoms with E-state index in [0.717, 1.165) is 19.3 Å². The molecule has 2 nitrogen and oxygen atoms in total. The van der Waals surface area contributed by atoms with Gasteiger partial charge in [0.25, 0.3) is 0 Å². The van der Waals surface area contributed by atoms with Gasteiger partial charge in [0.05, 0.1) is 13.2 Å². The third-order valence-electron chi connectivity index (χ3n) is 1.95. The van der Waals surface area contributed by atoms with Gasteiger partial charge in [0.15, 0.2) is 5.79 Å². The molecule has 0 unspecified atom stereocenters. The number of halogens is 1. The molecule has 0 amide bonds. The van der Waals surface area contributed by atoms with Crippen molar-refractivity contribution in [2.75, 3.05) is 19.1 Å². The number of rotatable bonds is 3. The molecule has 13 heavy (non-hydrogen) atoms. The Balaban J connectivity index is 2.15. The van der Waals surface area contributed by atoms with Crippen molar-refractivity contribution in [1.29, 1.82) is 0 Å². The third kappa shape index (κ3) is 3.99. The van der Waals surface area contributed by atoms with Gasteiger partial charge < -0.3 is 9.47 Å². The Labute approximate surface area is 84.5 Å². The van der Waals surface area contributed by atoms with E-state index in [1.165, 1.54) is 0 Å². The minimum Gasteiger partial charge on any atom is -0.348 e. The van der Waals surface area contributed by atoms with Crippen LogP contribution in [0.15, 0.2) is 0 Å². The van der Waals surface area contributed by atoms with Gasteiger partial charge in [0, 0.05) is 25.1 Å². The van der Waals surface area contributed by atoms with Crippen LogP contribution in [0.1, 0.15) is 26.2 Å². The topological polar surface area (TPSA) is 18.5 Å². The Hall–Kier alpha value is -0.230. The summed E-state index contributed by atoms with van der Waals surface area (Å²) in [6, 6.07) is 0. The molecule has 1 aliphatic rings. The normalized spacial score (nSPS) is 19.5. The zero-order valence-corrected chi connectivity index (χ0v) is 8.69.